The van der Waals surface area contributed by atoms with Gasteiger partial charge in [-0.25, -0.2) is 0 Å². The van der Waals surface area contributed by atoms with Crippen LogP contribution >= 0.6 is 0 Å². The maximum absolute atomic E-state index is 10.7. The number of nitrogens with one attached hydrogen (secondary N) is 1. The minimum Gasteiger partial charge on any atom is -0.480 e. The Hall–Kier alpha value is -1.35. The van der Waals surface area contributed by atoms with Crippen LogP contribution in [0.3, 0.4) is 0 Å². The first-order valence-electron chi connectivity index (χ1n) is 4.70. The van der Waals surface area contributed by atoms with Crippen LogP contribution in [0.1, 0.15) is 25.5 Å². The molecule has 1 atom stereocenters. The molecule has 0 amide bonds. The first-order chi connectivity index (χ1) is 6.75. The van der Waals surface area contributed by atoms with Gasteiger partial charge in [0.1, 0.15) is 6.04 Å². The molecule has 1 unspecified atom stereocenters. The second-order valence-corrected chi connectivity index (χ2v) is 2.47. The topological polar surface area (TPSA) is 49.3 Å². The first-order valence-corrected chi connectivity index (χ1v) is 4.70. The first kappa shape index (κ1) is 12.7. The molecule has 0 aliphatic heterocycles. The number of hydrogen-bond donors (Lipinski definition) is 2. The molecule has 3 nitrogen and oxygen atoms in total. The average Bonchev–Trinajstić information content (AvgIpc) is 2.23. The lowest BCUT2D eigenvalue weighted by Crippen LogP contribution is -2.24. The SMILES string of the molecule is CC.CNC(C(=O)O)c1ccccc1. The minimum absolute atomic E-state index is 0.605. The predicted octanol–water partition coefficient (Wildman–Crippen LogP) is 2.06. The highest BCUT2D eigenvalue weighted by atomic mass is 16.4. The maximum atomic E-state index is 10.7. The number of carboxylic acids is 1. The second-order valence-electron chi connectivity index (χ2n) is 2.47. The van der Waals surface area contributed by atoms with Crippen LogP contribution in [-0.4, -0.2) is 18.1 Å². The summed E-state index contributed by atoms with van der Waals surface area (Å²) in [6.45, 7) is 4.00. The monoisotopic (exact) mass is 195 g/mol. The zero-order valence-corrected chi connectivity index (χ0v) is 8.82. The van der Waals surface area contributed by atoms with Crippen LogP contribution in [0, 0.1) is 0 Å². The molecule has 1 aromatic rings. The summed E-state index contributed by atoms with van der Waals surface area (Å²) in [5.41, 5.74) is 0.771. The molecule has 0 heterocycles. The summed E-state index contributed by atoms with van der Waals surface area (Å²) in [6, 6.07) is 8.47. The summed E-state index contributed by atoms with van der Waals surface area (Å²) in [4.78, 5) is 10.7. The van der Waals surface area contributed by atoms with Crippen molar-refractivity contribution in [2.45, 2.75) is 19.9 Å². The van der Waals surface area contributed by atoms with E-state index in [0.717, 1.165) is 5.56 Å². The summed E-state index contributed by atoms with van der Waals surface area (Å²) in [7, 11) is 1.63. The van der Waals surface area contributed by atoms with Crippen molar-refractivity contribution in [3.05, 3.63) is 35.9 Å². The van der Waals surface area contributed by atoms with E-state index >= 15 is 0 Å². The van der Waals surface area contributed by atoms with E-state index in [1.165, 1.54) is 0 Å². The minimum atomic E-state index is -0.858. The van der Waals surface area contributed by atoms with Crippen LogP contribution in [0.25, 0.3) is 0 Å². The molecule has 2 N–H and O–H groups in total. The Kier molecular flexibility index (Phi) is 6.41. The lowest BCUT2D eigenvalue weighted by atomic mass is 10.1. The van der Waals surface area contributed by atoms with Crippen LogP contribution < -0.4 is 5.32 Å². The van der Waals surface area contributed by atoms with Gasteiger partial charge in [0.25, 0.3) is 0 Å². The molecule has 0 aromatic heterocycles. The van der Waals surface area contributed by atoms with Gasteiger partial charge < -0.3 is 10.4 Å². The van der Waals surface area contributed by atoms with Gasteiger partial charge in [0.2, 0.25) is 0 Å². The number of carboxylic acid groups (broad SMARTS) is 1. The van der Waals surface area contributed by atoms with E-state index in [-0.39, 0.29) is 0 Å². The fourth-order valence-electron chi connectivity index (χ4n) is 1.08. The molecule has 0 aliphatic rings. The molecule has 0 spiro atoms. The fraction of sp³-hybridized carbons (Fsp3) is 0.364. The molecule has 1 aromatic carbocycles. The number of rotatable bonds is 3. The van der Waals surface area contributed by atoms with E-state index < -0.39 is 12.0 Å². The van der Waals surface area contributed by atoms with Crippen LogP contribution in [-0.2, 0) is 4.79 Å². The third-order valence-corrected chi connectivity index (χ3v) is 1.67. The van der Waals surface area contributed by atoms with Gasteiger partial charge in [0, 0.05) is 0 Å². The standard InChI is InChI=1S/C9H11NO2.C2H6/c1-10-8(9(11)12)7-5-3-2-4-6-7;1-2/h2-6,8,10H,1H3,(H,11,12);1-2H3. The van der Waals surface area contributed by atoms with Crippen LogP contribution in [0.5, 0.6) is 0 Å². The molecule has 0 radical (unpaired) electrons. The van der Waals surface area contributed by atoms with Crippen molar-refractivity contribution in [2.24, 2.45) is 0 Å². The van der Waals surface area contributed by atoms with E-state index in [2.05, 4.69) is 5.32 Å². The molecular formula is C11H17NO2. The van der Waals surface area contributed by atoms with E-state index in [0.29, 0.717) is 0 Å². The molecule has 0 saturated carbocycles. The molecule has 0 bridgehead atoms. The van der Waals surface area contributed by atoms with Gasteiger partial charge >= 0.3 is 5.97 Å². The molecule has 14 heavy (non-hydrogen) atoms. The van der Waals surface area contributed by atoms with Gasteiger partial charge in [-0.1, -0.05) is 44.2 Å². The van der Waals surface area contributed by atoms with Gasteiger partial charge in [-0.2, -0.15) is 0 Å². The van der Waals surface area contributed by atoms with Crippen molar-refractivity contribution < 1.29 is 9.90 Å². The third-order valence-electron chi connectivity index (χ3n) is 1.67. The van der Waals surface area contributed by atoms with E-state index in [9.17, 15) is 4.79 Å². The Labute approximate surface area is 84.8 Å². The van der Waals surface area contributed by atoms with E-state index in [1.807, 2.05) is 32.0 Å². The summed E-state index contributed by atoms with van der Waals surface area (Å²) in [6.07, 6.45) is 0. The van der Waals surface area contributed by atoms with E-state index in [1.54, 1.807) is 19.2 Å². The van der Waals surface area contributed by atoms with Gasteiger partial charge in [-0.15, -0.1) is 0 Å². The van der Waals surface area contributed by atoms with Crippen molar-refractivity contribution in [2.75, 3.05) is 7.05 Å². The number of benzene rings is 1. The van der Waals surface area contributed by atoms with Gasteiger partial charge in [0.15, 0.2) is 0 Å². The maximum Gasteiger partial charge on any atom is 0.325 e. The lowest BCUT2D eigenvalue weighted by molar-refractivity contribution is -0.139. The third kappa shape index (κ3) is 3.58. The van der Waals surface area contributed by atoms with Crippen molar-refractivity contribution in [1.29, 1.82) is 0 Å². The quantitative estimate of drug-likeness (QED) is 0.776. The number of carbonyl (C=O) groups is 1. The molecule has 1 rings (SSSR count). The summed E-state index contributed by atoms with van der Waals surface area (Å²) >= 11 is 0. The Bertz CT molecular complexity index is 259. The Balaban J connectivity index is 0.000000791. The largest absolute Gasteiger partial charge is 0.480 e. The highest BCUT2D eigenvalue weighted by molar-refractivity contribution is 5.75. The Morgan fingerprint density at radius 2 is 1.79 bits per heavy atom. The van der Waals surface area contributed by atoms with Crippen LogP contribution in [0.4, 0.5) is 0 Å². The Morgan fingerprint density at radius 3 is 2.14 bits per heavy atom. The van der Waals surface area contributed by atoms with Crippen molar-refractivity contribution in [1.82, 2.24) is 5.32 Å². The highest BCUT2D eigenvalue weighted by Gasteiger charge is 2.15. The lowest BCUT2D eigenvalue weighted by Gasteiger charge is -2.10. The molecule has 0 aliphatic carbocycles. The fourth-order valence-corrected chi connectivity index (χ4v) is 1.08. The summed E-state index contributed by atoms with van der Waals surface area (Å²) in [5, 5.41) is 11.5. The van der Waals surface area contributed by atoms with E-state index in [4.69, 9.17) is 5.11 Å². The normalized spacial score (nSPS) is 11.1. The molecular weight excluding hydrogens is 178 g/mol. The van der Waals surface area contributed by atoms with Gasteiger partial charge in [-0.3, -0.25) is 4.79 Å². The predicted molar refractivity (Wildman–Crippen MR) is 57.2 cm³/mol. The number of aliphatic carboxylic acids is 1. The Morgan fingerprint density at radius 1 is 1.29 bits per heavy atom. The average molecular weight is 195 g/mol. The number of likely N-dealkylation sites (N-methyl/N-ethyl adjacent to an activating group) is 1. The summed E-state index contributed by atoms with van der Waals surface area (Å²) in [5.74, 6) is -0.858. The molecule has 78 valence electrons. The second kappa shape index (κ2) is 7.09. The van der Waals surface area contributed by atoms with Crippen LogP contribution in [0.15, 0.2) is 30.3 Å². The number of hydrogen-bond acceptors (Lipinski definition) is 2. The molecule has 3 heteroatoms. The molecule has 0 fully saturated rings. The zero-order chi connectivity index (χ0) is 11.0. The van der Waals surface area contributed by atoms with Gasteiger partial charge in [-0.05, 0) is 12.6 Å². The smallest absolute Gasteiger partial charge is 0.325 e. The van der Waals surface area contributed by atoms with Crippen molar-refractivity contribution in [3.63, 3.8) is 0 Å². The highest BCUT2D eigenvalue weighted by Crippen LogP contribution is 2.11. The van der Waals surface area contributed by atoms with Gasteiger partial charge in [0.05, 0.1) is 0 Å². The van der Waals surface area contributed by atoms with Crippen LogP contribution in [0.2, 0.25) is 0 Å². The van der Waals surface area contributed by atoms with Crippen molar-refractivity contribution >= 4 is 5.97 Å². The van der Waals surface area contributed by atoms with Crippen molar-refractivity contribution in [3.8, 4) is 0 Å². The molecule has 0 saturated heterocycles. The zero-order valence-electron chi connectivity index (χ0n) is 8.82. The summed E-state index contributed by atoms with van der Waals surface area (Å²) < 4.78 is 0.